The molecule has 1 aromatic carbocycles. The molecule has 1 saturated carbocycles. The molecule has 0 aliphatic heterocycles. The van der Waals surface area contributed by atoms with Crippen molar-refractivity contribution >= 4 is 16.9 Å². The van der Waals surface area contributed by atoms with E-state index in [4.69, 9.17) is 10.2 Å². The van der Waals surface area contributed by atoms with Gasteiger partial charge in [-0.1, -0.05) is 18.2 Å². The molecule has 1 aromatic heterocycles. The van der Waals surface area contributed by atoms with Gasteiger partial charge in [0.25, 0.3) is 0 Å². The minimum atomic E-state index is 0.492. The molecule has 1 aliphatic carbocycles. The van der Waals surface area contributed by atoms with E-state index >= 15 is 0 Å². The van der Waals surface area contributed by atoms with Crippen LogP contribution in [0.4, 0.5) is 0 Å². The monoisotopic (exact) mass is 243 g/mol. The van der Waals surface area contributed by atoms with E-state index in [1.54, 1.807) is 0 Å². The lowest BCUT2D eigenvalue weighted by molar-refractivity contribution is 0.548. The van der Waals surface area contributed by atoms with Gasteiger partial charge in [0.1, 0.15) is 17.9 Å². The zero-order valence-corrected chi connectivity index (χ0v) is 10.4. The third kappa shape index (κ3) is 2.18. The number of aryl methyl sites for hydroxylation is 1. The van der Waals surface area contributed by atoms with Crippen molar-refractivity contribution in [2.24, 2.45) is 10.7 Å². The first-order valence-corrected chi connectivity index (χ1v) is 6.27. The van der Waals surface area contributed by atoms with Crippen molar-refractivity contribution in [3.8, 4) is 0 Å². The molecule has 0 atom stereocenters. The van der Waals surface area contributed by atoms with Crippen LogP contribution in [0.3, 0.4) is 0 Å². The summed E-state index contributed by atoms with van der Waals surface area (Å²) in [4.78, 5) is 4.32. The van der Waals surface area contributed by atoms with Gasteiger partial charge in [0.15, 0.2) is 5.96 Å². The van der Waals surface area contributed by atoms with Gasteiger partial charge in [-0.2, -0.15) is 0 Å². The summed E-state index contributed by atoms with van der Waals surface area (Å²) in [5.41, 5.74) is 7.86. The number of aliphatic imine (C=N–C) groups is 1. The molecule has 0 bridgehead atoms. The molecule has 0 spiro atoms. The lowest BCUT2D eigenvalue weighted by Gasteiger charge is -2.02. The van der Waals surface area contributed by atoms with Crippen LogP contribution in [0, 0.1) is 6.92 Å². The maximum absolute atomic E-state index is 5.80. The maximum atomic E-state index is 5.80. The largest absolute Gasteiger partial charge is 0.459 e. The molecule has 0 amide bonds. The Morgan fingerprint density at radius 3 is 2.94 bits per heavy atom. The summed E-state index contributed by atoms with van der Waals surface area (Å²) in [7, 11) is 0. The molecule has 1 heterocycles. The van der Waals surface area contributed by atoms with Crippen LogP contribution in [0.25, 0.3) is 11.0 Å². The number of hydrogen-bond donors (Lipinski definition) is 2. The van der Waals surface area contributed by atoms with Gasteiger partial charge < -0.3 is 15.5 Å². The fraction of sp³-hybridized carbons (Fsp3) is 0.357. The van der Waals surface area contributed by atoms with Crippen LogP contribution < -0.4 is 11.1 Å². The molecule has 0 radical (unpaired) electrons. The number of furan rings is 1. The summed E-state index contributed by atoms with van der Waals surface area (Å²) in [6, 6.07) is 8.56. The van der Waals surface area contributed by atoms with Crippen molar-refractivity contribution in [3.05, 3.63) is 35.6 Å². The Morgan fingerprint density at radius 1 is 1.44 bits per heavy atom. The zero-order valence-electron chi connectivity index (χ0n) is 10.4. The van der Waals surface area contributed by atoms with E-state index in [9.17, 15) is 0 Å². The lowest BCUT2D eigenvalue weighted by Crippen LogP contribution is -2.33. The summed E-state index contributed by atoms with van der Waals surface area (Å²) in [5.74, 6) is 1.40. The summed E-state index contributed by atoms with van der Waals surface area (Å²) >= 11 is 0. The second-order valence-corrected chi connectivity index (χ2v) is 4.77. The minimum absolute atomic E-state index is 0.492. The predicted molar refractivity (Wildman–Crippen MR) is 72.4 cm³/mol. The fourth-order valence-corrected chi connectivity index (χ4v) is 2.02. The number of nitrogens with two attached hydrogens (primary N) is 1. The molecule has 1 aliphatic rings. The Labute approximate surface area is 106 Å². The Morgan fingerprint density at radius 2 is 2.22 bits per heavy atom. The van der Waals surface area contributed by atoms with Gasteiger partial charge in [0.2, 0.25) is 0 Å². The van der Waals surface area contributed by atoms with E-state index in [1.165, 1.54) is 12.8 Å². The Hall–Kier alpha value is -1.97. The van der Waals surface area contributed by atoms with Gasteiger partial charge >= 0.3 is 0 Å². The van der Waals surface area contributed by atoms with Crippen molar-refractivity contribution in [1.29, 1.82) is 0 Å². The van der Waals surface area contributed by atoms with Crippen LogP contribution in [0.2, 0.25) is 0 Å². The zero-order chi connectivity index (χ0) is 12.5. The lowest BCUT2D eigenvalue weighted by atomic mass is 10.1. The summed E-state index contributed by atoms with van der Waals surface area (Å²) in [5, 5.41) is 4.31. The second-order valence-electron chi connectivity index (χ2n) is 4.77. The first-order valence-electron chi connectivity index (χ1n) is 6.27. The van der Waals surface area contributed by atoms with Gasteiger partial charge in [-0.15, -0.1) is 0 Å². The number of para-hydroxylation sites is 1. The van der Waals surface area contributed by atoms with Crippen molar-refractivity contribution < 1.29 is 4.42 Å². The van der Waals surface area contributed by atoms with Crippen LogP contribution >= 0.6 is 0 Å². The molecular weight excluding hydrogens is 226 g/mol. The Balaban J connectivity index is 1.79. The van der Waals surface area contributed by atoms with Gasteiger partial charge in [-0.05, 0) is 25.8 Å². The molecule has 4 nitrogen and oxygen atoms in total. The predicted octanol–water partition coefficient (Wildman–Crippen LogP) is 2.31. The Bertz CT molecular complexity index is 596. The molecule has 94 valence electrons. The first-order chi connectivity index (χ1) is 8.74. The average Bonchev–Trinajstić information content (AvgIpc) is 3.12. The van der Waals surface area contributed by atoms with Gasteiger partial charge in [-0.25, -0.2) is 4.99 Å². The van der Waals surface area contributed by atoms with Gasteiger partial charge in [-0.3, -0.25) is 0 Å². The quantitative estimate of drug-likeness (QED) is 0.642. The topological polar surface area (TPSA) is 63.5 Å². The van der Waals surface area contributed by atoms with Crippen molar-refractivity contribution in [2.75, 3.05) is 0 Å². The highest BCUT2D eigenvalue weighted by atomic mass is 16.3. The average molecular weight is 243 g/mol. The first kappa shape index (κ1) is 11.1. The van der Waals surface area contributed by atoms with Crippen LogP contribution in [-0.4, -0.2) is 12.0 Å². The number of rotatable bonds is 3. The Kier molecular flexibility index (Phi) is 2.70. The van der Waals surface area contributed by atoms with Crippen LogP contribution in [-0.2, 0) is 6.54 Å². The summed E-state index contributed by atoms with van der Waals surface area (Å²) < 4.78 is 5.78. The van der Waals surface area contributed by atoms with E-state index in [1.807, 2.05) is 18.2 Å². The molecule has 1 fully saturated rings. The molecule has 3 rings (SSSR count). The molecule has 0 unspecified atom stereocenters. The summed E-state index contributed by atoms with van der Waals surface area (Å²) in [6.45, 7) is 2.55. The highest BCUT2D eigenvalue weighted by molar-refractivity contribution is 5.82. The van der Waals surface area contributed by atoms with E-state index in [0.29, 0.717) is 18.5 Å². The number of hydrogen-bond acceptors (Lipinski definition) is 2. The summed E-state index contributed by atoms with van der Waals surface area (Å²) in [6.07, 6.45) is 2.39. The second kappa shape index (κ2) is 4.37. The third-order valence-corrected chi connectivity index (χ3v) is 3.26. The molecule has 0 saturated heterocycles. The smallest absolute Gasteiger partial charge is 0.189 e. The van der Waals surface area contributed by atoms with Crippen molar-refractivity contribution in [3.63, 3.8) is 0 Å². The molecule has 4 heteroatoms. The van der Waals surface area contributed by atoms with Crippen LogP contribution in [0.15, 0.2) is 33.7 Å². The van der Waals surface area contributed by atoms with E-state index in [0.717, 1.165) is 22.3 Å². The number of fused-ring (bicyclic) bond motifs is 1. The van der Waals surface area contributed by atoms with E-state index in [-0.39, 0.29) is 0 Å². The highest BCUT2D eigenvalue weighted by Crippen LogP contribution is 2.25. The van der Waals surface area contributed by atoms with Gasteiger partial charge in [0, 0.05) is 17.0 Å². The maximum Gasteiger partial charge on any atom is 0.189 e. The molecule has 3 N–H and O–H groups in total. The van der Waals surface area contributed by atoms with Crippen molar-refractivity contribution in [1.82, 2.24) is 5.32 Å². The fourth-order valence-electron chi connectivity index (χ4n) is 2.02. The highest BCUT2D eigenvalue weighted by Gasteiger charge is 2.21. The van der Waals surface area contributed by atoms with Crippen molar-refractivity contribution in [2.45, 2.75) is 32.4 Å². The van der Waals surface area contributed by atoms with E-state index in [2.05, 4.69) is 23.3 Å². The van der Waals surface area contributed by atoms with Gasteiger partial charge in [0.05, 0.1) is 0 Å². The number of guanidine groups is 1. The van der Waals surface area contributed by atoms with Crippen LogP contribution in [0.1, 0.15) is 24.2 Å². The van der Waals surface area contributed by atoms with Crippen LogP contribution in [0.5, 0.6) is 0 Å². The number of benzene rings is 1. The normalized spacial score (nSPS) is 16.2. The standard InChI is InChI=1S/C14H17N3O/c1-9-11-4-2-3-5-12(11)18-13(9)8-16-14(15)17-10-6-7-10/h2-5,10H,6-8H2,1H3,(H3,15,16,17). The molecule has 18 heavy (non-hydrogen) atoms. The van der Waals surface area contributed by atoms with E-state index < -0.39 is 0 Å². The number of nitrogens with one attached hydrogen (secondary N) is 1. The number of nitrogens with zero attached hydrogens (tertiary/aromatic N) is 1. The SMILES string of the molecule is Cc1c(CN=C(N)NC2CC2)oc2ccccc12. The minimum Gasteiger partial charge on any atom is -0.459 e. The third-order valence-electron chi connectivity index (χ3n) is 3.26. The molecule has 2 aromatic rings. The molecular formula is C14H17N3O.